The summed E-state index contributed by atoms with van der Waals surface area (Å²) < 4.78 is 65.9. The summed E-state index contributed by atoms with van der Waals surface area (Å²) in [5.74, 6) is 0. The number of unbranched alkanes of at least 4 members (excludes halogenated alkanes) is 6. The minimum atomic E-state index is 0.522. The van der Waals surface area contributed by atoms with E-state index in [4.69, 9.17) is 56.8 Å². The van der Waals surface area contributed by atoms with Crippen molar-refractivity contribution in [3.05, 3.63) is 0 Å². The topological polar surface area (TPSA) is 111 Å². The van der Waals surface area contributed by atoms with Crippen LogP contribution in [0.2, 0.25) is 0 Å². The van der Waals surface area contributed by atoms with Crippen molar-refractivity contribution in [3.8, 4) is 0 Å². The zero-order valence-electron chi connectivity index (χ0n) is 29.5. The molecule has 12 heteroatoms. The molecule has 0 aliphatic carbocycles. The van der Waals surface area contributed by atoms with Crippen LogP contribution in [0.3, 0.4) is 0 Å². The zero-order chi connectivity index (χ0) is 33.1. The highest BCUT2D eigenvalue weighted by molar-refractivity contribution is 4.44. The minimum Gasteiger partial charge on any atom is -0.379 e. The molecule has 0 amide bonds. The third kappa shape index (κ3) is 43.5. The van der Waals surface area contributed by atoms with Gasteiger partial charge in [0.25, 0.3) is 0 Å². The lowest BCUT2D eigenvalue weighted by Gasteiger charge is -2.09. The second kappa shape index (κ2) is 44.5. The van der Waals surface area contributed by atoms with Crippen LogP contribution in [0.15, 0.2) is 0 Å². The van der Waals surface area contributed by atoms with Crippen LogP contribution < -0.4 is 0 Å². The fourth-order valence-corrected chi connectivity index (χ4v) is 3.75. The van der Waals surface area contributed by atoms with Crippen molar-refractivity contribution in [2.45, 2.75) is 65.2 Å². The molecular formula is C34H70O12. The molecule has 0 aliphatic rings. The van der Waals surface area contributed by atoms with Gasteiger partial charge in [0, 0.05) is 13.2 Å². The van der Waals surface area contributed by atoms with Crippen LogP contribution in [0, 0.1) is 0 Å². The van der Waals surface area contributed by atoms with Gasteiger partial charge in [-0.2, -0.15) is 0 Å². The van der Waals surface area contributed by atoms with Gasteiger partial charge >= 0.3 is 0 Å². The Morgan fingerprint density at radius 1 is 0.174 bits per heavy atom. The van der Waals surface area contributed by atoms with Crippen molar-refractivity contribution < 1.29 is 56.8 Å². The van der Waals surface area contributed by atoms with Gasteiger partial charge in [-0.25, -0.2) is 0 Å². The van der Waals surface area contributed by atoms with E-state index in [2.05, 4.69) is 13.8 Å². The summed E-state index contributed by atoms with van der Waals surface area (Å²) in [4.78, 5) is 0. The van der Waals surface area contributed by atoms with Crippen LogP contribution in [-0.4, -0.2) is 159 Å². The van der Waals surface area contributed by atoms with Crippen LogP contribution in [0.4, 0.5) is 0 Å². The summed E-state index contributed by atoms with van der Waals surface area (Å²) in [6.07, 6.45) is 9.94. The van der Waals surface area contributed by atoms with Crippen molar-refractivity contribution in [1.29, 1.82) is 0 Å². The minimum absolute atomic E-state index is 0.522. The monoisotopic (exact) mass is 670 g/mol. The Morgan fingerprint density at radius 3 is 0.587 bits per heavy atom. The molecule has 0 saturated heterocycles. The molecule has 0 bridgehead atoms. The van der Waals surface area contributed by atoms with E-state index in [-0.39, 0.29) is 0 Å². The Balaban J connectivity index is 3.03. The van der Waals surface area contributed by atoms with Crippen LogP contribution in [0.5, 0.6) is 0 Å². The summed E-state index contributed by atoms with van der Waals surface area (Å²) in [6, 6.07) is 0. The molecule has 12 nitrogen and oxygen atoms in total. The van der Waals surface area contributed by atoms with E-state index >= 15 is 0 Å². The molecule has 0 saturated carbocycles. The summed E-state index contributed by atoms with van der Waals surface area (Å²) in [6.45, 7) is 18.2. The lowest BCUT2D eigenvalue weighted by atomic mass is 10.1. The third-order valence-electron chi connectivity index (χ3n) is 6.38. The number of hydrogen-bond donors (Lipinski definition) is 0. The maximum Gasteiger partial charge on any atom is 0.0701 e. The number of rotatable bonds is 43. The lowest BCUT2D eigenvalue weighted by Crippen LogP contribution is -2.15. The fourth-order valence-electron chi connectivity index (χ4n) is 3.75. The molecule has 0 unspecified atom stereocenters. The van der Waals surface area contributed by atoms with Crippen molar-refractivity contribution in [1.82, 2.24) is 0 Å². The molecule has 0 atom stereocenters. The molecule has 278 valence electrons. The fraction of sp³-hybridized carbons (Fsp3) is 1.00. The van der Waals surface area contributed by atoms with E-state index in [1.54, 1.807) is 0 Å². The van der Waals surface area contributed by atoms with E-state index in [0.717, 1.165) is 32.5 Å². The molecule has 0 aromatic heterocycles. The second-order valence-corrected chi connectivity index (χ2v) is 10.5. The Bertz CT molecular complexity index is 475. The molecule has 0 radical (unpaired) electrons. The first-order valence-corrected chi connectivity index (χ1v) is 17.8. The van der Waals surface area contributed by atoms with Crippen LogP contribution in [0.1, 0.15) is 65.2 Å². The summed E-state index contributed by atoms with van der Waals surface area (Å²) >= 11 is 0. The molecule has 0 aliphatic heterocycles. The predicted molar refractivity (Wildman–Crippen MR) is 178 cm³/mol. The molecule has 0 aromatic rings. The van der Waals surface area contributed by atoms with Gasteiger partial charge in [0.15, 0.2) is 0 Å². The summed E-state index contributed by atoms with van der Waals surface area (Å²) in [7, 11) is 0. The third-order valence-corrected chi connectivity index (χ3v) is 6.38. The maximum atomic E-state index is 5.59. The Morgan fingerprint density at radius 2 is 0.348 bits per heavy atom. The molecule has 0 aromatic carbocycles. The van der Waals surface area contributed by atoms with Gasteiger partial charge in [-0.05, 0) is 12.8 Å². The van der Waals surface area contributed by atoms with Crippen molar-refractivity contribution in [2.24, 2.45) is 0 Å². The van der Waals surface area contributed by atoms with Gasteiger partial charge in [0.2, 0.25) is 0 Å². The van der Waals surface area contributed by atoms with Gasteiger partial charge in [-0.15, -0.1) is 0 Å². The van der Waals surface area contributed by atoms with Gasteiger partial charge in [0.05, 0.1) is 145 Å². The van der Waals surface area contributed by atoms with Crippen molar-refractivity contribution >= 4 is 0 Å². The predicted octanol–water partition coefficient (Wildman–Crippen LogP) is 4.35. The van der Waals surface area contributed by atoms with E-state index in [1.807, 2.05) is 0 Å². The number of ether oxygens (including phenoxy) is 12. The second-order valence-electron chi connectivity index (χ2n) is 10.5. The summed E-state index contributed by atoms with van der Waals surface area (Å²) in [5.41, 5.74) is 0. The molecule has 0 rings (SSSR count). The summed E-state index contributed by atoms with van der Waals surface area (Å²) in [5, 5.41) is 0. The molecule has 0 heterocycles. The van der Waals surface area contributed by atoms with Crippen LogP contribution in [0.25, 0.3) is 0 Å². The first kappa shape index (κ1) is 45.5. The lowest BCUT2D eigenvalue weighted by molar-refractivity contribution is -0.0283. The first-order valence-electron chi connectivity index (χ1n) is 17.8. The Kier molecular flexibility index (Phi) is 44.1. The van der Waals surface area contributed by atoms with E-state index in [9.17, 15) is 0 Å². The van der Waals surface area contributed by atoms with Crippen LogP contribution in [-0.2, 0) is 56.8 Å². The van der Waals surface area contributed by atoms with Gasteiger partial charge in [-0.1, -0.05) is 52.4 Å². The van der Waals surface area contributed by atoms with Crippen molar-refractivity contribution in [3.63, 3.8) is 0 Å². The smallest absolute Gasteiger partial charge is 0.0701 e. The van der Waals surface area contributed by atoms with Gasteiger partial charge in [-0.3, -0.25) is 0 Å². The van der Waals surface area contributed by atoms with Crippen molar-refractivity contribution in [2.75, 3.05) is 159 Å². The number of hydrogen-bond acceptors (Lipinski definition) is 12. The maximum absolute atomic E-state index is 5.59. The normalized spacial score (nSPS) is 11.6. The molecular weight excluding hydrogens is 600 g/mol. The Labute approximate surface area is 280 Å². The highest BCUT2D eigenvalue weighted by Gasteiger charge is 1.97. The largest absolute Gasteiger partial charge is 0.379 e. The van der Waals surface area contributed by atoms with E-state index < -0.39 is 0 Å². The van der Waals surface area contributed by atoms with E-state index in [0.29, 0.717) is 145 Å². The average Bonchev–Trinajstić information content (AvgIpc) is 3.07. The zero-order valence-corrected chi connectivity index (χ0v) is 29.5. The highest BCUT2D eigenvalue weighted by Crippen LogP contribution is 2.04. The van der Waals surface area contributed by atoms with Gasteiger partial charge < -0.3 is 56.8 Å². The first-order chi connectivity index (χ1) is 22.9. The average molecular weight is 671 g/mol. The molecule has 0 N–H and O–H groups in total. The molecule has 0 spiro atoms. The molecule has 0 fully saturated rings. The van der Waals surface area contributed by atoms with E-state index in [1.165, 1.54) is 32.1 Å². The Hall–Kier alpha value is -0.480. The standard InChI is InChI=1S/C34H70O12/c1-3-5-7-8-9-10-12-36-14-16-38-18-20-40-22-24-42-26-28-44-30-32-46-34-33-45-31-29-43-27-25-41-23-21-39-19-17-37-15-13-35-11-6-4-2/h3-34H2,1-2H3. The SMILES string of the molecule is CCCCCCCCOCCOCCOCCOCCOCCOCCOCCOCCOCCOCCOCCOCCCC. The van der Waals surface area contributed by atoms with Gasteiger partial charge in [0.1, 0.15) is 0 Å². The molecule has 46 heavy (non-hydrogen) atoms. The van der Waals surface area contributed by atoms with Crippen LogP contribution >= 0.6 is 0 Å². The quantitative estimate of drug-likeness (QED) is 0.0861. The highest BCUT2D eigenvalue weighted by atomic mass is 16.6.